The number of anilines is 1. The van der Waals surface area contributed by atoms with Crippen LogP contribution < -0.4 is 4.90 Å². The predicted molar refractivity (Wildman–Crippen MR) is 118 cm³/mol. The molecule has 0 atom stereocenters. The molecule has 1 aliphatic rings. The van der Waals surface area contributed by atoms with Crippen molar-refractivity contribution < 1.29 is 9.53 Å². The van der Waals surface area contributed by atoms with Crippen LogP contribution in [-0.2, 0) is 11.3 Å². The second-order valence-corrected chi connectivity index (χ2v) is 8.27. The van der Waals surface area contributed by atoms with Gasteiger partial charge in [-0.2, -0.15) is 0 Å². The summed E-state index contributed by atoms with van der Waals surface area (Å²) in [4.78, 5) is 21.3. The molecule has 1 amide bonds. The van der Waals surface area contributed by atoms with Crippen molar-refractivity contribution in [1.82, 2.24) is 9.88 Å². The molecule has 0 spiro atoms. The number of benzene rings is 2. The molecule has 1 fully saturated rings. The maximum absolute atomic E-state index is 12.8. The van der Waals surface area contributed by atoms with Crippen molar-refractivity contribution in [3.63, 3.8) is 0 Å². The van der Waals surface area contributed by atoms with Crippen LogP contribution in [0.25, 0.3) is 10.6 Å². The Morgan fingerprint density at radius 2 is 1.83 bits per heavy atom. The molecule has 1 aliphatic heterocycles. The number of carbonyl (C=O) groups excluding carboxylic acids is 1. The van der Waals surface area contributed by atoms with Gasteiger partial charge in [0.25, 0.3) is 5.91 Å². The maximum Gasteiger partial charge on any atom is 0.273 e. The van der Waals surface area contributed by atoms with E-state index in [1.54, 1.807) is 11.9 Å². The van der Waals surface area contributed by atoms with E-state index in [2.05, 4.69) is 34.1 Å². The molecule has 0 N–H and O–H groups in total. The molecule has 0 unspecified atom stereocenters. The van der Waals surface area contributed by atoms with Gasteiger partial charge in [-0.15, -0.1) is 11.3 Å². The van der Waals surface area contributed by atoms with Crippen molar-refractivity contribution in [2.45, 2.75) is 6.54 Å². The van der Waals surface area contributed by atoms with Crippen LogP contribution in [0.5, 0.6) is 0 Å². The highest BCUT2D eigenvalue weighted by molar-refractivity contribution is 7.13. The Bertz CT molecular complexity index is 966. The van der Waals surface area contributed by atoms with E-state index in [0.717, 1.165) is 42.4 Å². The number of carbonyl (C=O) groups is 1. The minimum absolute atomic E-state index is 0.0845. The smallest absolute Gasteiger partial charge is 0.273 e. The summed E-state index contributed by atoms with van der Waals surface area (Å²) in [6, 6.07) is 15.9. The molecule has 2 aromatic carbocycles. The van der Waals surface area contributed by atoms with Crippen molar-refractivity contribution in [3.8, 4) is 10.6 Å². The van der Waals surface area contributed by atoms with Gasteiger partial charge in [0.2, 0.25) is 0 Å². The predicted octanol–water partition coefficient (Wildman–Crippen LogP) is 4.57. The van der Waals surface area contributed by atoms with Gasteiger partial charge in [0.1, 0.15) is 10.7 Å². The van der Waals surface area contributed by atoms with Crippen molar-refractivity contribution in [1.29, 1.82) is 0 Å². The molecule has 2 heterocycles. The van der Waals surface area contributed by atoms with Gasteiger partial charge in [0, 0.05) is 48.3 Å². The SMILES string of the molecule is CN(Cc1ccc(N2CCOCC2)cc1)C(=O)c1csc(-c2ccc(Cl)cc2)n1. The third-order valence-corrected chi connectivity index (χ3v) is 6.04. The number of hydrogen-bond donors (Lipinski definition) is 0. The average Bonchev–Trinajstić information content (AvgIpc) is 3.25. The summed E-state index contributed by atoms with van der Waals surface area (Å²) < 4.78 is 5.40. The summed E-state index contributed by atoms with van der Waals surface area (Å²) in [6.45, 7) is 3.90. The fourth-order valence-corrected chi connectivity index (χ4v) is 4.20. The first-order valence-electron chi connectivity index (χ1n) is 9.49. The van der Waals surface area contributed by atoms with Gasteiger partial charge in [-0.05, 0) is 29.8 Å². The van der Waals surface area contributed by atoms with Crippen LogP contribution in [0.4, 0.5) is 5.69 Å². The normalized spacial score (nSPS) is 14.1. The lowest BCUT2D eigenvalue weighted by atomic mass is 10.1. The second kappa shape index (κ2) is 8.95. The average molecular weight is 428 g/mol. The molecule has 0 aliphatic carbocycles. The highest BCUT2D eigenvalue weighted by atomic mass is 35.5. The van der Waals surface area contributed by atoms with Crippen LogP contribution in [0.2, 0.25) is 5.02 Å². The summed E-state index contributed by atoms with van der Waals surface area (Å²) in [5, 5.41) is 3.30. The fourth-order valence-electron chi connectivity index (χ4n) is 3.27. The van der Waals surface area contributed by atoms with Gasteiger partial charge in [-0.25, -0.2) is 4.98 Å². The van der Waals surface area contributed by atoms with Gasteiger partial charge in [-0.3, -0.25) is 4.79 Å². The minimum atomic E-state index is -0.0845. The lowest BCUT2D eigenvalue weighted by Crippen LogP contribution is -2.36. The monoisotopic (exact) mass is 427 g/mol. The Morgan fingerprint density at radius 1 is 1.14 bits per heavy atom. The molecular formula is C22H22ClN3O2S. The van der Waals surface area contributed by atoms with Crippen LogP contribution in [0.1, 0.15) is 16.1 Å². The van der Waals surface area contributed by atoms with Gasteiger partial charge in [-0.1, -0.05) is 35.9 Å². The van der Waals surface area contributed by atoms with Crippen LogP contribution in [0, 0.1) is 0 Å². The molecule has 5 nitrogen and oxygen atoms in total. The fraction of sp³-hybridized carbons (Fsp3) is 0.273. The molecule has 29 heavy (non-hydrogen) atoms. The quantitative estimate of drug-likeness (QED) is 0.598. The largest absolute Gasteiger partial charge is 0.378 e. The zero-order chi connectivity index (χ0) is 20.2. The maximum atomic E-state index is 12.8. The van der Waals surface area contributed by atoms with E-state index in [-0.39, 0.29) is 5.91 Å². The number of ether oxygens (including phenoxy) is 1. The van der Waals surface area contributed by atoms with Crippen molar-refractivity contribution in [2.75, 3.05) is 38.3 Å². The molecule has 4 rings (SSSR count). The molecule has 0 bridgehead atoms. The van der Waals surface area contributed by atoms with E-state index in [4.69, 9.17) is 16.3 Å². The third-order valence-electron chi connectivity index (χ3n) is 4.89. The molecule has 3 aromatic rings. The number of aromatic nitrogens is 1. The Morgan fingerprint density at radius 3 is 2.52 bits per heavy atom. The topological polar surface area (TPSA) is 45.7 Å². The third kappa shape index (κ3) is 4.78. The zero-order valence-electron chi connectivity index (χ0n) is 16.2. The van der Waals surface area contributed by atoms with Crippen molar-refractivity contribution >= 4 is 34.5 Å². The molecule has 150 valence electrons. The van der Waals surface area contributed by atoms with E-state index in [0.29, 0.717) is 17.3 Å². The van der Waals surface area contributed by atoms with Gasteiger partial charge >= 0.3 is 0 Å². The van der Waals surface area contributed by atoms with E-state index in [9.17, 15) is 4.79 Å². The van der Waals surface area contributed by atoms with Crippen molar-refractivity contribution in [3.05, 3.63) is 70.2 Å². The van der Waals surface area contributed by atoms with E-state index < -0.39 is 0 Å². The summed E-state index contributed by atoms with van der Waals surface area (Å²) in [5.41, 5.74) is 3.70. The van der Waals surface area contributed by atoms with Gasteiger partial charge in [0.15, 0.2) is 0 Å². The van der Waals surface area contributed by atoms with Gasteiger partial charge < -0.3 is 14.5 Å². The highest BCUT2D eigenvalue weighted by Crippen LogP contribution is 2.26. The Balaban J connectivity index is 1.40. The summed E-state index contributed by atoms with van der Waals surface area (Å²) in [6.07, 6.45) is 0. The number of rotatable bonds is 5. The van der Waals surface area contributed by atoms with Crippen LogP contribution in [0.15, 0.2) is 53.9 Å². The number of halogens is 1. The molecule has 7 heteroatoms. The second-order valence-electron chi connectivity index (χ2n) is 6.97. The van der Waals surface area contributed by atoms with E-state index in [1.807, 2.05) is 29.6 Å². The Labute approximate surface area is 179 Å². The molecule has 0 radical (unpaired) electrons. The number of hydrogen-bond acceptors (Lipinski definition) is 5. The highest BCUT2D eigenvalue weighted by Gasteiger charge is 2.17. The molecule has 1 saturated heterocycles. The molecule has 1 aromatic heterocycles. The zero-order valence-corrected chi connectivity index (χ0v) is 17.7. The van der Waals surface area contributed by atoms with Crippen LogP contribution in [-0.4, -0.2) is 49.1 Å². The number of amides is 1. The first-order valence-corrected chi connectivity index (χ1v) is 10.7. The van der Waals surface area contributed by atoms with Crippen molar-refractivity contribution in [2.24, 2.45) is 0 Å². The van der Waals surface area contributed by atoms with Crippen LogP contribution >= 0.6 is 22.9 Å². The first kappa shape index (κ1) is 19.9. The number of thiazole rings is 1. The summed E-state index contributed by atoms with van der Waals surface area (Å²) in [5.74, 6) is -0.0845. The summed E-state index contributed by atoms with van der Waals surface area (Å²) in [7, 11) is 1.81. The first-order chi connectivity index (χ1) is 14.1. The number of nitrogens with zero attached hydrogens (tertiary/aromatic N) is 3. The Hall–Kier alpha value is -2.41. The minimum Gasteiger partial charge on any atom is -0.378 e. The molecule has 0 saturated carbocycles. The van der Waals surface area contributed by atoms with Crippen LogP contribution in [0.3, 0.4) is 0 Å². The lowest BCUT2D eigenvalue weighted by Gasteiger charge is -2.29. The lowest BCUT2D eigenvalue weighted by molar-refractivity contribution is 0.0780. The standard InChI is InChI=1S/C22H22ClN3O2S/c1-25(14-16-2-8-19(9-3-16)26-10-12-28-13-11-26)22(27)20-15-29-21(24-20)17-4-6-18(23)7-5-17/h2-9,15H,10-14H2,1H3. The molecular weight excluding hydrogens is 406 g/mol. The van der Waals surface area contributed by atoms with E-state index >= 15 is 0 Å². The van der Waals surface area contributed by atoms with Gasteiger partial charge in [0.05, 0.1) is 13.2 Å². The van der Waals surface area contributed by atoms with E-state index in [1.165, 1.54) is 17.0 Å². The number of morpholine rings is 1. The summed E-state index contributed by atoms with van der Waals surface area (Å²) >= 11 is 7.40. The Kier molecular flexibility index (Phi) is 6.13.